The number of rotatable bonds is 2. The van der Waals surface area contributed by atoms with Crippen LogP contribution < -0.4 is 10.6 Å². The molecule has 0 radical (unpaired) electrons. The maximum Gasteiger partial charge on any atom is 0.421 e. The first-order valence-corrected chi connectivity index (χ1v) is 6.24. The average molecular weight is 276 g/mol. The average Bonchev–Trinajstić information content (AvgIpc) is 2.37. The second-order valence-electron chi connectivity index (χ2n) is 4.80. The van der Waals surface area contributed by atoms with Crippen LogP contribution in [0.2, 0.25) is 0 Å². The van der Waals surface area contributed by atoms with Gasteiger partial charge in [0.1, 0.15) is 11.4 Å². The van der Waals surface area contributed by atoms with E-state index in [2.05, 4.69) is 0 Å². The first-order valence-electron chi connectivity index (χ1n) is 6.24. The summed E-state index contributed by atoms with van der Waals surface area (Å²) in [6.07, 6.45) is -3.19. The fourth-order valence-electron chi connectivity index (χ4n) is 2.47. The Labute approximate surface area is 109 Å². The zero-order valence-electron chi connectivity index (χ0n) is 10.4. The fourth-order valence-corrected chi connectivity index (χ4v) is 2.47. The number of benzene rings is 1. The Hall–Kier alpha value is -1.30. The van der Waals surface area contributed by atoms with Gasteiger partial charge in [-0.15, -0.1) is 0 Å². The highest BCUT2D eigenvalue weighted by atomic mass is 19.4. The molecule has 0 aromatic heterocycles. The first kappa shape index (κ1) is 14.1. The van der Waals surface area contributed by atoms with Crippen molar-refractivity contribution in [3.63, 3.8) is 0 Å². The SMILES string of the molecule is NCC1CCN(c2cccc(F)c2C(F)(F)F)CC1. The van der Waals surface area contributed by atoms with E-state index in [9.17, 15) is 17.6 Å². The molecule has 1 heterocycles. The summed E-state index contributed by atoms with van der Waals surface area (Å²) in [7, 11) is 0. The number of piperidine rings is 1. The van der Waals surface area contributed by atoms with E-state index in [-0.39, 0.29) is 5.69 Å². The quantitative estimate of drug-likeness (QED) is 0.841. The van der Waals surface area contributed by atoms with Gasteiger partial charge in [0, 0.05) is 13.1 Å². The van der Waals surface area contributed by atoms with Crippen molar-refractivity contribution < 1.29 is 17.6 Å². The van der Waals surface area contributed by atoms with Crippen LogP contribution in [-0.2, 0) is 6.18 Å². The van der Waals surface area contributed by atoms with Gasteiger partial charge in [-0.25, -0.2) is 4.39 Å². The summed E-state index contributed by atoms with van der Waals surface area (Å²) >= 11 is 0. The summed E-state index contributed by atoms with van der Waals surface area (Å²) in [4.78, 5) is 1.60. The van der Waals surface area contributed by atoms with Crippen molar-refractivity contribution in [2.24, 2.45) is 11.7 Å². The predicted octanol–water partition coefficient (Wildman–Crippen LogP) is 3.02. The monoisotopic (exact) mass is 276 g/mol. The largest absolute Gasteiger partial charge is 0.421 e. The number of hydrogen-bond acceptors (Lipinski definition) is 2. The summed E-state index contributed by atoms with van der Waals surface area (Å²) in [5.74, 6) is -0.870. The molecule has 0 spiro atoms. The van der Waals surface area contributed by atoms with Gasteiger partial charge in [0.25, 0.3) is 0 Å². The molecule has 0 amide bonds. The van der Waals surface area contributed by atoms with Crippen LogP contribution in [0.4, 0.5) is 23.2 Å². The lowest BCUT2D eigenvalue weighted by atomic mass is 9.96. The van der Waals surface area contributed by atoms with Gasteiger partial charge in [0.05, 0.1) is 5.69 Å². The van der Waals surface area contributed by atoms with Gasteiger partial charge in [-0.2, -0.15) is 13.2 Å². The molecule has 2 rings (SSSR count). The van der Waals surface area contributed by atoms with Crippen molar-refractivity contribution >= 4 is 5.69 Å². The predicted molar refractivity (Wildman–Crippen MR) is 65.4 cm³/mol. The van der Waals surface area contributed by atoms with Gasteiger partial charge in [-0.3, -0.25) is 0 Å². The summed E-state index contributed by atoms with van der Waals surface area (Å²) in [6.45, 7) is 1.51. The zero-order chi connectivity index (χ0) is 14.0. The normalized spacial score (nSPS) is 17.8. The van der Waals surface area contributed by atoms with E-state index >= 15 is 0 Å². The molecule has 0 bridgehead atoms. The Morgan fingerprint density at radius 3 is 2.37 bits per heavy atom. The molecule has 1 aromatic carbocycles. The van der Waals surface area contributed by atoms with Crippen LogP contribution in [0.25, 0.3) is 0 Å². The van der Waals surface area contributed by atoms with Gasteiger partial charge in [0.15, 0.2) is 0 Å². The fraction of sp³-hybridized carbons (Fsp3) is 0.538. The van der Waals surface area contributed by atoms with Crippen molar-refractivity contribution in [2.45, 2.75) is 19.0 Å². The van der Waals surface area contributed by atoms with Crippen molar-refractivity contribution in [2.75, 3.05) is 24.5 Å². The molecule has 0 aliphatic carbocycles. The lowest BCUT2D eigenvalue weighted by molar-refractivity contribution is -0.139. The number of hydrogen-bond donors (Lipinski definition) is 1. The standard InChI is InChI=1S/C13H16F4N2/c14-10-2-1-3-11(12(10)13(15,16)17)19-6-4-9(8-18)5-7-19/h1-3,9H,4-8,18H2. The Kier molecular flexibility index (Phi) is 3.99. The smallest absolute Gasteiger partial charge is 0.371 e. The van der Waals surface area contributed by atoms with Crippen LogP contribution in [-0.4, -0.2) is 19.6 Å². The van der Waals surface area contributed by atoms with Crippen molar-refractivity contribution in [3.05, 3.63) is 29.6 Å². The van der Waals surface area contributed by atoms with Crippen LogP contribution >= 0.6 is 0 Å². The molecule has 106 valence electrons. The first-order chi connectivity index (χ1) is 8.93. The maximum atomic E-state index is 13.5. The number of nitrogens with two attached hydrogens (primary N) is 1. The van der Waals surface area contributed by atoms with Gasteiger partial charge in [-0.1, -0.05) is 6.07 Å². The Morgan fingerprint density at radius 2 is 1.84 bits per heavy atom. The summed E-state index contributed by atoms with van der Waals surface area (Å²) < 4.78 is 52.2. The van der Waals surface area contributed by atoms with Crippen LogP contribution in [0.3, 0.4) is 0 Å². The molecule has 1 aliphatic heterocycles. The maximum absolute atomic E-state index is 13.5. The Morgan fingerprint density at radius 1 is 1.21 bits per heavy atom. The third-order valence-corrected chi connectivity index (χ3v) is 3.56. The molecule has 2 nitrogen and oxygen atoms in total. The lowest BCUT2D eigenvalue weighted by Gasteiger charge is -2.34. The van der Waals surface area contributed by atoms with Gasteiger partial charge in [0.2, 0.25) is 0 Å². The van der Waals surface area contributed by atoms with E-state index < -0.39 is 17.6 Å². The molecule has 1 aromatic rings. The van der Waals surface area contributed by atoms with E-state index in [1.165, 1.54) is 12.1 Å². The highest BCUT2D eigenvalue weighted by Gasteiger charge is 2.38. The van der Waals surface area contributed by atoms with Gasteiger partial charge in [-0.05, 0) is 37.4 Å². The molecular formula is C13H16F4N2. The Bertz CT molecular complexity index is 437. The lowest BCUT2D eigenvalue weighted by Crippen LogP contribution is -2.37. The van der Waals surface area contributed by atoms with Crippen molar-refractivity contribution in [3.8, 4) is 0 Å². The van der Waals surface area contributed by atoms with Crippen LogP contribution in [0, 0.1) is 11.7 Å². The third-order valence-electron chi connectivity index (χ3n) is 3.56. The zero-order valence-corrected chi connectivity index (χ0v) is 10.4. The van der Waals surface area contributed by atoms with E-state index in [0.717, 1.165) is 18.9 Å². The number of anilines is 1. The minimum atomic E-state index is -4.68. The van der Waals surface area contributed by atoms with Crippen molar-refractivity contribution in [1.82, 2.24) is 0 Å². The molecule has 0 saturated carbocycles. The second-order valence-corrected chi connectivity index (χ2v) is 4.80. The van der Waals surface area contributed by atoms with Crippen molar-refractivity contribution in [1.29, 1.82) is 0 Å². The molecule has 6 heteroatoms. The number of halogens is 4. The molecule has 1 aliphatic rings. The van der Waals surface area contributed by atoms with E-state index in [1.54, 1.807) is 4.90 Å². The molecule has 0 atom stereocenters. The highest BCUT2D eigenvalue weighted by Crippen LogP contribution is 2.39. The molecule has 1 saturated heterocycles. The summed E-state index contributed by atoms with van der Waals surface area (Å²) in [6, 6.07) is 3.49. The van der Waals surface area contributed by atoms with Gasteiger partial charge < -0.3 is 10.6 Å². The summed E-state index contributed by atoms with van der Waals surface area (Å²) in [5.41, 5.74) is 4.32. The molecule has 19 heavy (non-hydrogen) atoms. The number of nitrogens with zero attached hydrogens (tertiary/aromatic N) is 1. The van der Waals surface area contributed by atoms with E-state index in [4.69, 9.17) is 5.73 Å². The molecule has 0 unspecified atom stereocenters. The minimum Gasteiger partial charge on any atom is -0.371 e. The minimum absolute atomic E-state index is 0.0667. The summed E-state index contributed by atoms with van der Waals surface area (Å²) in [5, 5.41) is 0. The molecular weight excluding hydrogens is 260 g/mol. The van der Waals surface area contributed by atoms with E-state index in [1.807, 2.05) is 0 Å². The molecule has 1 fully saturated rings. The van der Waals surface area contributed by atoms with Crippen LogP contribution in [0.5, 0.6) is 0 Å². The Balaban J connectivity index is 2.28. The van der Waals surface area contributed by atoms with Gasteiger partial charge >= 0.3 is 6.18 Å². The second kappa shape index (κ2) is 5.36. The van der Waals surface area contributed by atoms with E-state index in [0.29, 0.717) is 25.6 Å². The topological polar surface area (TPSA) is 29.3 Å². The van der Waals surface area contributed by atoms with Crippen LogP contribution in [0.15, 0.2) is 18.2 Å². The third kappa shape index (κ3) is 3.00. The highest BCUT2D eigenvalue weighted by molar-refractivity contribution is 5.55. The molecule has 2 N–H and O–H groups in total. The van der Waals surface area contributed by atoms with Crippen LogP contribution in [0.1, 0.15) is 18.4 Å². The number of alkyl halides is 3.